The van der Waals surface area contributed by atoms with Crippen LogP contribution in [0.3, 0.4) is 0 Å². The van der Waals surface area contributed by atoms with Crippen LogP contribution in [-0.4, -0.2) is 47.2 Å². The highest BCUT2D eigenvalue weighted by atomic mass is 16.5. The van der Waals surface area contributed by atoms with Gasteiger partial charge in [-0.15, -0.1) is 0 Å². The molecular formula is C15H26N4O. The molecule has 5 heteroatoms. The molecule has 20 heavy (non-hydrogen) atoms. The molecule has 0 aliphatic heterocycles. The van der Waals surface area contributed by atoms with E-state index in [1.807, 2.05) is 13.1 Å². The molecule has 1 aliphatic rings. The van der Waals surface area contributed by atoms with Crippen LogP contribution in [-0.2, 0) is 6.54 Å². The van der Waals surface area contributed by atoms with Gasteiger partial charge in [-0.05, 0) is 26.8 Å². The van der Waals surface area contributed by atoms with Gasteiger partial charge in [-0.1, -0.05) is 13.8 Å². The second kappa shape index (κ2) is 6.99. The number of likely N-dealkylation sites (N-methyl/N-ethyl adjacent to an activating group) is 1. The normalized spacial score (nSPS) is 15.1. The van der Waals surface area contributed by atoms with Gasteiger partial charge in [-0.3, -0.25) is 0 Å². The molecule has 0 radical (unpaired) electrons. The maximum absolute atomic E-state index is 5.63. The summed E-state index contributed by atoms with van der Waals surface area (Å²) >= 11 is 0. The van der Waals surface area contributed by atoms with Gasteiger partial charge in [0.15, 0.2) is 0 Å². The van der Waals surface area contributed by atoms with Gasteiger partial charge in [0, 0.05) is 42.6 Å². The Morgan fingerprint density at radius 2 is 2.20 bits per heavy atom. The van der Waals surface area contributed by atoms with Crippen LogP contribution in [0.4, 0.5) is 0 Å². The lowest BCUT2D eigenvalue weighted by Crippen LogP contribution is -2.26. The first kappa shape index (κ1) is 15.2. The third kappa shape index (κ3) is 4.72. The molecule has 0 saturated heterocycles. The molecule has 0 bridgehead atoms. The summed E-state index contributed by atoms with van der Waals surface area (Å²) in [5, 5.41) is 3.37. The summed E-state index contributed by atoms with van der Waals surface area (Å²) in [4.78, 5) is 11.0. The number of hydrogen-bond donors (Lipinski definition) is 1. The van der Waals surface area contributed by atoms with Crippen molar-refractivity contribution in [2.75, 3.05) is 20.2 Å². The Balaban J connectivity index is 1.78. The molecule has 1 aliphatic carbocycles. The van der Waals surface area contributed by atoms with E-state index in [0.717, 1.165) is 30.4 Å². The Hall–Kier alpha value is -1.20. The van der Waals surface area contributed by atoms with Crippen molar-refractivity contribution in [1.29, 1.82) is 0 Å². The van der Waals surface area contributed by atoms with E-state index >= 15 is 0 Å². The highest BCUT2D eigenvalue weighted by Gasteiger charge is 2.25. The van der Waals surface area contributed by atoms with Crippen LogP contribution in [0.1, 0.15) is 37.9 Å². The Morgan fingerprint density at radius 3 is 2.80 bits per heavy atom. The first-order valence-corrected chi connectivity index (χ1v) is 7.45. The number of rotatable bonds is 8. The molecule has 0 spiro atoms. The average Bonchev–Trinajstić information content (AvgIpc) is 3.21. The van der Waals surface area contributed by atoms with E-state index in [2.05, 4.69) is 41.1 Å². The van der Waals surface area contributed by atoms with Gasteiger partial charge in [0.2, 0.25) is 0 Å². The highest BCUT2D eigenvalue weighted by Crippen LogP contribution is 2.24. The summed E-state index contributed by atoms with van der Waals surface area (Å²) < 4.78 is 5.63. The lowest BCUT2D eigenvalue weighted by atomic mass is 10.2. The van der Waals surface area contributed by atoms with Gasteiger partial charge in [-0.25, -0.2) is 9.97 Å². The SMILES string of the molecule is Cc1nc(OCCN(C)C2CC2)ncc1CNC(C)C. The van der Waals surface area contributed by atoms with E-state index in [1.165, 1.54) is 12.8 Å². The zero-order chi connectivity index (χ0) is 14.5. The van der Waals surface area contributed by atoms with Crippen molar-refractivity contribution < 1.29 is 4.74 Å². The van der Waals surface area contributed by atoms with Crippen molar-refractivity contribution in [3.05, 3.63) is 17.5 Å². The summed E-state index contributed by atoms with van der Waals surface area (Å²) in [6.45, 7) is 8.64. The van der Waals surface area contributed by atoms with Gasteiger partial charge in [0.1, 0.15) is 6.61 Å². The molecule has 5 nitrogen and oxygen atoms in total. The summed E-state index contributed by atoms with van der Waals surface area (Å²) in [6.07, 6.45) is 4.50. The lowest BCUT2D eigenvalue weighted by molar-refractivity contribution is 0.220. The van der Waals surface area contributed by atoms with Crippen molar-refractivity contribution in [3.8, 4) is 6.01 Å². The number of ether oxygens (including phenoxy) is 1. The van der Waals surface area contributed by atoms with Crippen molar-refractivity contribution in [2.24, 2.45) is 0 Å². The molecule has 1 aromatic heterocycles. The molecule has 1 heterocycles. The van der Waals surface area contributed by atoms with Crippen molar-refractivity contribution in [3.63, 3.8) is 0 Å². The van der Waals surface area contributed by atoms with Crippen LogP contribution in [0.25, 0.3) is 0 Å². The molecule has 112 valence electrons. The Labute approximate surface area is 121 Å². The largest absolute Gasteiger partial charge is 0.462 e. The van der Waals surface area contributed by atoms with Crippen LogP contribution in [0.15, 0.2) is 6.20 Å². The minimum absolute atomic E-state index is 0.461. The first-order valence-electron chi connectivity index (χ1n) is 7.45. The Bertz CT molecular complexity index is 432. The standard InChI is InChI=1S/C15H26N4O/c1-11(2)16-9-13-10-17-15(18-12(13)3)20-8-7-19(4)14-5-6-14/h10-11,14,16H,5-9H2,1-4H3. The lowest BCUT2D eigenvalue weighted by Gasteiger charge is -2.15. The van der Waals surface area contributed by atoms with E-state index in [-0.39, 0.29) is 0 Å². The number of hydrogen-bond acceptors (Lipinski definition) is 5. The molecule has 0 amide bonds. The number of nitrogens with one attached hydrogen (secondary N) is 1. The molecule has 0 aromatic carbocycles. The van der Waals surface area contributed by atoms with Gasteiger partial charge < -0.3 is 15.0 Å². The molecule has 0 atom stereocenters. The van der Waals surface area contributed by atoms with Crippen LogP contribution in [0.5, 0.6) is 6.01 Å². The fourth-order valence-electron chi connectivity index (χ4n) is 2.01. The number of aryl methyl sites for hydroxylation is 1. The van der Waals surface area contributed by atoms with Crippen molar-refractivity contribution >= 4 is 0 Å². The molecule has 1 fully saturated rings. The fraction of sp³-hybridized carbons (Fsp3) is 0.733. The van der Waals surface area contributed by atoms with Crippen molar-refractivity contribution in [1.82, 2.24) is 20.2 Å². The minimum atomic E-state index is 0.461. The van der Waals surface area contributed by atoms with Crippen LogP contribution in [0.2, 0.25) is 0 Å². The highest BCUT2D eigenvalue weighted by molar-refractivity contribution is 5.17. The van der Waals surface area contributed by atoms with Gasteiger partial charge >= 0.3 is 6.01 Å². The summed E-state index contributed by atoms with van der Waals surface area (Å²) in [7, 11) is 2.15. The molecule has 1 saturated carbocycles. The second-order valence-electron chi connectivity index (χ2n) is 5.86. The summed E-state index contributed by atoms with van der Waals surface area (Å²) in [6, 6.07) is 1.72. The minimum Gasteiger partial charge on any atom is -0.462 e. The Morgan fingerprint density at radius 1 is 1.45 bits per heavy atom. The third-order valence-corrected chi connectivity index (χ3v) is 3.61. The second-order valence-corrected chi connectivity index (χ2v) is 5.86. The average molecular weight is 278 g/mol. The van der Waals surface area contributed by atoms with Gasteiger partial charge in [-0.2, -0.15) is 0 Å². The predicted octanol–water partition coefficient (Wildman–Crippen LogP) is 1.76. The quantitative estimate of drug-likeness (QED) is 0.785. The van der Waals surface area contributed by atoms with Gasteiger partial charge in [0.05, 0.1) is 0 Å². The third-order valence-electron chi connectivity index (χ3n) is 3.61. The predicted molar refractivity (Wildman–Crippen MR) is 79.9 cm³/mol. The van der Waals surface area contributed by atoms with E-state index in [1.54, 1.807) is 0 Å². The van der Waals surface area contributed by atoms with Crippen molar-refractivity contribution in [2.45, 2.75) is 52.2 Å². The fourth-order valence-corrected chi connectivity index (χ4v) is 2.01. The molecule has 2 rings (SSSR count). The smallest absolute Gasteiger partial charge is 0.316 e. The molecular weight excluding hydrogens is 252 g/mol. The van der Waals surface area contributed by atoms with Gasteiger partial charge in [0.25, 0.3) is 0 Å². The maximum Gasteiger partial charge on any atom is 0.316 e. The summed E-state index contributed by atoms with van der Waals surface area (Å²) in [5.41, 5.74) is 2.11. The molecule has 1 N–H and O–H groups in total. The first-order chi connectivity index (χ1) is 9.56. The van der Waals surface area contributed by atoms with Crippen LogP contribution < -0.4 is 10.1 Å². The molecule has 0 unspecified atom stereocenters. The van der Waals surface area contributed by atoms with Crippen LogP contribution >= 0.6 is 0 Å². The summed E-state index contributed by atoms with van der Waals surface area (Å²) in [5.74, 6) is 0. The van der Waals surface area contributed by atoms with E-state index in [0.29, 0.717) is 18.7 Å². The van der Waals surface area contributed by atoms with E-state index in [4.69, 9.17) is 4.74 Å². The zero-order valence-corrected chi connectivity index (χ0v) is 13.0. The Kier molecular flexibility index (Phi) is 5.31. The number of nitrogens with zero attached hydrogens (tertiary/aromatic N) is 3. The van der Waals surface area contributed by atoms with Crippen LogP contribution in [0, 0.1) is 6.92 Å². The topological polar surface area (TPSA) is 50.3 Å². The van der Waals surface area contributed by atoms with E-state index in [9.17, 15) is 0 Å². The number of aromatic nitrogens is 2. The maximum atomic E-state index is 5.63. The molecule has 1 aromatic rings. The monoisotopic (exact) mass is 278 g/mol. The van der Waals surface area contributed by atoms with E-state index < -0.39 is 0 Å². The zero-order valence-electron chi connectivity index (χ0n) is 13.0.